The van der Waals surface area contributed by atoms with Crippen molar-refractivity contribution in [3.05, 3.63) is 86.3 Å². The number of methoxy groups -OCH3 is 2. The molecule has 2 aromatic rings. The molecule has 0 saturated carbocycles. The summed E-state index contributed by atoms with van der Waals surface area (Å²) in [5, 5.41) is 19.1. The number of esters is 2. The van der Waals surface area contributed by atoms with Crippen molar-refractivity contribution in [1.82, 2.24) is 0 Å². The van der Waals surface area contributed by atoms with Crippen LogP contribution in [0.3, 0.4) is 0 Å². The van der Waals surface area contributed by atoms with Crippen molar-refractivity contribution in [2.75, 3.05) is 19.1 Å². The topological polar surface area (TPSA) is 143 Å². The Balaban J connectivity index is 2.51. The summed E-state index contributed by atoms with van der Waals surface area (Å²) < 4.78 is 39.3. The number of ether oxygens (including phenoxy) is 2. The van der Waals surface area contributed by atoms with Crippen molar-refractivity contribution >= 4 is 39.5 Å². The highest BCUT2D eigenvalue weighted by molar-refractivity contribution is 9.10. The summed E-state index contributed by atoms with van der Waals surface area (Å²) in [6.45, 7) is 0. The molecule has 35 heavy (non-hydrogen) atoms. The van der Waals surface area contributed by atoms with Crippen LogP contribution in [0.15, 0.2) is 63.5 Å². The van der Waals surface area contributed by atoms with E-state index in [1.807, 2.05) is 6.07 Å². The van der Waals surface area contributed by atoms with Crippen LogP contribution in [0, 0.1) is 23.0 Å². The molecule has 0 spiro atoms. The molecule has 0 aliphatic carbocycles. The quantitative estimate of drug-likeness (QED) is 0.425. The van der Waals surface area contributed by atoms with Gasteiger partial charge in [0.15, 0.2) is 11.6 Å². The lowest BCUT2D eigenvalue weighted by Gasteiger charge is -2.36. The number of halogens is 3. The van der Waals surface area contributed by atoms with Crippen LogP contribution in [-0.4, -0.2) is 37.2 Å². The lowest BCUT2D eigenvalue weighted by atomic mass is 9.81. The number of nitrogens with zero attached hydrogens (tertiary/aromatic N) is 2. The number of carbonyl (C=O) groups is 3. The zero-order valence-electron chi connectivity index (χ0n) is 18.1. The van der Waals surface area contributed by atoms with Gasteiger partial charge >= 0.3 is 17.9 Å². The maximum absolute atomic E-state index is 15.3. The van der Waals surface area contributed by atoms with Crippen LogP contribution in [0.1, 0.15) is 21.8 Å². The molecule has 0 amide bonds. The first kappa shape index (κ1) is 25.4. The Hall–Kier alpha value is -4.24. The van der Waals surface area contributed by atoms with Gasteiger partial charge in [0, 0.05) is 4.47 Å². The third-order valence-electron chi connectivity index (χ3n) is 5.20. The summed E-state index contributed by atoms with van der Waals surface area (Å²) in [6, 6.07) is 10.7. The Morgan fingerprint density at radius 3 is 2.23 bits per heavy atom. The van der Waals surface area contributed by atoms with Crippen molar-refractivity contribution < 1.29 is 37.7 Å². The fourth-order valence-electron chi connectivity index (χ4n) is 3.69. The van der Waals surface area contributed by atoms with Gasteiger partial charge in [0.2, 0.25) is 0 Å². The maximum Gasteiger partial charge on any atom is 0.355 e. The summed E-state index contributed by atoms with van der Waals surface area (Å²) >= 11 is 2.97. The van der Waals surface area contributed by atoms with E-state index in [9.17, 15) is 29.1 Å². The molecule has 1 aliphatic rings. The summed E-state index contributed by atoms with van der Waals surface area (Å²) in [6.07, 6.45) is 0. The average Bonchev–Trinajstić information content (AvgIpc) is 2.85. The molecule has 2 aromatic carbocycles. The lowest BCUT2D eigenvalue weighted by Crippen LogP contribution is -2.41. The van der Waals surface area contributed by atoms with Crippen molar-refractivity contribution in [2.24, 2.45) is 5.73 Å². The first-order valence-electron chi connectivity index (χ1n) is 9.66. The van der Waals surface area contributed by atoms with Gasteiger partial charge in [-0.15, -0.1) is 0 Å². The Labute approximate surface area is 205 Å². The minimum atomic E-state index is -1.75. The van der Waals surface area contributed by atoms with E-state index in [0.717, 1.165) is 20.3 Å². The van der Waals surface area contributed by atoms with Crippen LogP contribution in [0.4, 0.5) is 14.5 Å². The van der Waals surface area contributed by atoms with Gasteiger partial charge in [-0.2, -0.15) is 5.26 Å². The summed E-state index contributed by atoms with van der Waals surface area (Å²) in [7, 11) is 2.02. The van der Waals surface area contributed by atoms with E-state index in [4.69, 9.17) is 15.2 Å². The molecule has 1 heterocycles. The zero-order valence-corrected chi connectivity index (χ0v) is 19.7. The van der Waals surface area contributed by atoms with E-state index in [1.165, 1.54) is 0 Å². The molecule has 0 bridgehead atoms. The number of rotatable bonds is 5. The second-order valence-electron chi connectivity index (χ2n) is 7.02. The van der Waals surface area contributed by atoms with Gasteiger partial charge in [0.1, 0.15) is 17.2 Å². The van der Waals surface area contributed by atoms with Gasteiger partial charge in [-0.3, -0.25) is 4.90 Å². The monoisotopic (exact) mass is 547 g/mol. The van der Waals surface area contributed by atoms with E-state index in [0.29, 0.717) is 10.5 Å². The molecule has 0 radical (unpaired) electrons. The summed E-state index contributed by atoms with van der Waals surface area (Å²) in [4.78, 5) is 37.9. The number of nitriles is 1. The Kier molecular flexibility index (Phi) is 7.21. The number of allylic oxidation sites excluding steroid dienone is 1. The number of anilines is 1. The largest absolute Gasteiger partial charge is 0.478 e. The molecular weight excluding hydrogens is 532 g/mol. The highest BCUT2D eigenvalue weighted by Crippen LogP contribution is 2.46. The van der Waals surface area contributed by atoms with Gasteiger partial charge in [-0.1, -0.05) is 30.3 Å². The second kappa shape index (κ2) is 9.94. The minimum Gasteiger partial charge on any atom is -0.478 e. The van der Waals surface area contributed by atoms with Crippen molar-refractivity contribution in [2.45, 2.75) is 5.92 Å². The Morgan fingerprint density at radius 2 is 1.71 bits per heavy atom. The molecule has 1 atom stereocenters. The SMILES string of the molecule is COC(=O)C1=C(C(=O)OC)N(c2c(Br)cc(C(=O)O)c(F)c2F)C(N)=C(C#N)C1c1ccccc1. The molecule has 180 valence electrons. The van der Waals surface area contributed by atoms with Gasteiger partial charge < -0.3 is 20.3 Å². The summed E-state index contributed by atoms with van der Waals surface area (Å²) in [5.74, 6) is -9.20. The third kappa shape index (κ3) is 4.22. The molecule has 0 saturated heterocycles. The molecule has 1 aliphatic heterocycles. The molecule has 0 fully saturated rings. The number of nitrogens with two attached hydrogens (primary N) is 1. The van der Waals surface area contributed by atoms with Gasteiger partial charge in [0.25, 0.3) is 0 Å². The first-order chi connectivity index (χ1) is 16.6. The number of carboxylic acids is 1. The van der Waals surface area contributed by atoms with Crippen LogP contribution in [0.5, 0.6) is 0 Å². The fourth-order valence-corrected chi connectivity index (χ4v) is 4.27. The molecule has 12 heteroatoms. The number of hydrogen-bond donors (Lipinski definition) is 2. The molecule has 0 aromatic heterocycles. The minimum absolute atomic E-state index is 0.279. The first-order valence-corrected chi connectivity index (χ1v) is 10.5. The summed E-state index contributed by atoms with van der Waals surface area (Å²) in [5.41, 5.74) is 3.49. The number of benzene rings is 2. The van der Waals surface area contributed by atoms with Crippen molar-refractivity contribution in [1.29, 1.82) is 5.26 Å². The molecule has 1 unspecified atom stereocenters. The predicted octanol–water partition coefficient (Wildman–Crippen LogP) is 3.32. The van der Waals surface area contributed by atoms with E-state index >= 15 is 4.39 Å². The lowest BCUT2D eigenvalue weighted by molar-refractivity contribution is -0.139. The van der Waals surface area contributed by atoms with Crippen LogP contribution in [-0.2, 0) is 19.1 Å². The average molecular weight is 548 g/mol. The normalized spacial score (nSPS) is 15.5. The van der Waals surface area contributed by atoms with Gasteiger partial charge in [-0.05, 0) is 27.6 Å². The smallest absolute Gasteiger partial charge is 0.355 e. The van der Waals surface area contributed by atoms with Crippen LogP contribution in [0.25, 0.3) is 0 Å². The van der Waals surface area contributed by atoms with Crippen LogP contribution in [0.2, 0.25) is 0 Å². The van der Waals surface area contributed by atoms with Gasteiger partial charge in [-0.25, -0.2) is 23.2 Å². The van der Waals surface area contributed by atoms with E-state index in [-0.39, 0.29) is 10.0 Å². The number of aromatic carboxylic acids is 1. The Morgan fingerprint density at radius 1 is 1.11 bits per heavy atom. The number of carbonyl (C=O) groups excluding carboxylic acids is 2. The fraction of sp³-hybridized carbons (Fsp3) is 0.130. The predicted molar refractivity (Wildman–Crippen MR) is 121 cm³/mol. The molecule has 3 rings (SSSR count). The van der Waals surface area contributed by atoms with Crippen molar-refractivity contribution in [3.63, 3.8) is 0 Å². The third-order valence-corrected chi connectivity index (χ3v) is 5.80. The van der Waals surface area contributed by atoms with E-state index in [1.54, 1.807) is 30.3 Å². The van der Waals surface area contributed by atoms with E-state index < -0.39 is 63.8 Å². The Bertz CT molecular complexity index is 1350. The second-order valence-corrected chi connectivity index (χ2v) is 7.88. The van der Waals surface area contributed by atoms with Gasteiger partial charge in [0.05, 0.1) is 42.9 Å². The molecular formula is C23H16BrF2N3O6. The highest BCUT2D eigenvalue weighted by atomic mass is 79.9. The number of carboxylic acid groups (broad SMARTS) is 1. The number of hydrogen-bond acceptors (Lipinski definition) is 8. The molecule has 9 nitrogen and oxygen atoms in total. The highest BCUT2D eigenvalue weighted by Gasteiger charge is 2.44. The van der Waals surface area contributed by atoms with Crippen LogP contribution < -0.4 is 10.6 Å². The van der Waals surface area contributed by atoms with E-state index in [2.05, 4.69) is 15.9 Å². The standard InChI is InChI=1S/C23H16BrF2N3O6/c1-34-22(32)15-14(10-6-4-3-5-7-10)12(9-27)20(28)29(19(15)23(33)35-2)18-13(24)8-11(21(30)31)16(25)17(18)26/h3-8,14H,28H2,1-2H3,(H,30,31). The maximum atomic E-state index is 15.3. The molecule has 3 N–H and O–H groups in total. The van der Waals surface area contributed by atoms with Crippen LogP contribution >= 0.6 is 15.9 Å². The zero-order chi connectivity index (χ0) is 26.0. The van der Waals surface area contributed by atoms with Crippen molar-refractivity contribution in [3.8, 4) is 6.07 Å².